The highest BCUT2D eigenvalue weighted by molar-refractivity contribution is 5.71. The molecule has 3 atom stereocenters. The summed E-state index contributed by atoms with van der Waals surface area (Å²) >= 11 is 0. The van der Waals surface area contributed by atoms with Crippen molar-refractivity contribution in [3.63, 3.8) is 0 Å². The summed E-state index contributed by atoms with van der Waals surface area (Å²) in [6.07, 6.45) is 27.1. The summed E-state index contributed by atoms with van der Waals surface area (Å²) in [6, 6.07) is 0. The molecule has 3 unspecified atom stereocenters. The Hall–Kier alpha value is -1.89. The monoisotopic (exact) mass is 611 g/mol. The Morgan fingerprint density at radius 3 is 1.09 bits per heavy atom. The number of aliphatic carboxylic acids is 3. The highest BCUT2D eigenvalue weighted by atomic mass is 16.4. The Bertz CT molecular complexity index is 692. The van der Waals surface area contributed by atoms with Crippen LogP contribution in [-0.4, -0.2) is 63.9 Å². The summed E-state index contributed by atoms with van der Waals surface area (Å²) in [5.41, 5.74) is 0. The van der Waals surface area contributed by atoms with E-state index in [0.717, 1.165) is 19.3 Å². The van der Waals surface area contributed by atoms with Crippen LogP contribution in [0.4, 0.5) is 0 Å². The van der Waals surface area contributed by atoms with Crippen LogP contribution < -0.4 is 0 Å². The first-order valence-corrected chi connectivity index (χ1v) is 17.8. The van der Waals surface area contributed by atoms with Crippen molar-refractivity contribution in [3.05, 3.63) is 12.2 Å². The van der Waals surface area contributed by atoms with Crippen LogP contribution in [0.25, 0.3) is 0 Å². The van der Waals surface area contributed by atoms with E-state index in [2.05, 4.69) is 19.1 Å². The van der Waals surface area contributed by atoms with E-state index in [1.165, 1.54) is 89.9 Å². The van der Waals surface area contributed by atoms with E-state index >= 15 is 0 Å². The Morgan fingerprint density at radius 1 is 0.488 bits per heavy atom. The second-order valence-electron chi connectivity index (χ2n) is 12.9. The van der Waals surface area contributed by atoms with Crippen molar-refractivity contribution in [1.29, 1.82) is 0 Å². The lowest BCUT2D eigenvalue weighted by Gasteiger charge is -2.43. The van der Waals surface area contributed by atoms with Gasteiger partial charge in [-0.1, -0.05) is 110 Å². The quantitative estimate of drug-likeness (QED) is 0.0410. The molecule has 0 spiro atoms. The number of hydrogen-bond donors (Lipinski definition) is 3. The van der Waals surface area contributed by atoms with E-state index in [-0.39, 0.29) is 24.1 Å². The average Bonchev–Trinajstić information content (AvgIpc) is 2.98. The van der Waals surface area contributed by atoms with E-state index < -0.39 is 35.7 Å². The molecule has 7 nitrogen and oxygen atoms in total. The maximum atomic E-state index is 12.0. The first-order chi connectivity index (χ1) is 20.7. The summed E-state index contributed by atoms with van der Waals surface area (Å²) in [5.74, 6) is -4.52. The maximum absolute atomic E-state index is 12.0. The van der Waals surface area contributed by atoms with Gasteiger partial charge >= 0.3 is 17.9 Å². The summed E-state index contributed by atoms with van der Waals surface area (Å²) in [5, 5.41) is 29.5. The lowest BCUT2D eigenvalue weighted by Crippen LogP contribution is -2.58. The Morgan fingerprint density at radius 2 is 0.791 bits per heavy atom. The van der Waals surface area contributed by atoms with Crippen molar-refractivity contribution in [3.8, 4) is 0 Å². The molecule has 0 amide bonds. The number of hydrogen-bond acceptors (Lipinski definition) is 3. The molecule has 3 N–H and O–H groups in total. The minimum Gasteiger partial charge on any atom is -0.481 e. The van der Waals surface area contributed by atoms with Crippen LogP contribution >= 0.6 is 0 Å². The Labute approximate surface area is 264 Å². The zero-order valence-electron chi connectivity index (χ0n) is 28.4. The summed E-state index contributed by atoms with van der Waals surface area (Å²) < 4.78 is 0.257. The normalized spacial score (nSPS) is 15.3. The van der Waals surface area contributed by atoms with Crippen LogP contribution in [0.1, 0.15) is 156 Å². The van der Waals surface area contributed by atoms with Crippen LogP contribution in [0.2, 0.25) is 0 Å². The van der Waals surface area contributed by atoms with Gasteiger partial charge in [-0.2, -0.15) is 0 Å². The lowest BCUT2D eigenvalue weighted by atomic mass is 9.95. The first kappa shape index (κ1) is 41.1. The highest BCUT2D eigenvalue weighted by Crippen LogP contribution is 2.25. The third-order valence-electron chi connectivity index (χ3n) is 9.24. The van der Waals surface area contributed by atoms with Crippen molar-refractivity contribution in [2.75, 3.05) is 26.2 Å². The largest absolute Gasteiger partial charge is 0.481 e. The number of rotatable bonds is 31. The average molecular weight is 611 g/mol. The predicted molar refractivity (Wildman–Crippen MR) is 177 cm³/mol. The number of carboxylic acid groups (broad SMARTS) is 3. The fraction of sp³-hybridized carbons (Fsp3) is 0.861. The Balaban J connectivity index is 4.65. The van der Waals surface area contributed by atoms with Crippen molar-refractivity contribution in [1.82, 2.24) is 0 Å². The first-order valence-electron chi connectivity index (χ1n) is 17.8. The molecule has 252 valence electrons. The maximum Gasteiger partial charge on any atom is 0.312 e. The topological polar surface area (TPSA) is 112 Å². The van der Waals surface area contributed by atoms with Gasteiger partial charge in [0, 0.05) is 0 Å². The van der Waals surface area contributed by atoms with Gasteiger partial charge in [-0.05, 0) is 57.8 Å². The van der Waals surface area contributed by atoms with Gasteiger partial charge in [-0.15, -0.1) is 0 Å². The summed E-state index contributed by atoms with van der Waals surface area (Å²) in [6.45, 7) is 9.25. The number of unbranched alkanes of at least 4 members (excludes halogenated alkanes) is 15. The van der Waals surface area contributed by atoms with Gasteiger partial charge in [0.05, 0.1) is 26.2 Å². The number of allylic oxidation sites excluding steroid dienone is 2. The smallest absolute Gasteiger partial charge is 0.312 e. The van der Waals surface area contributed by atoms with E-state index in [4.69, 9.17) is 0 Å². The number of carbonyl (C=O) groups is 3. The van der Waals surface area contributed by atoms with Gasteiger partial charge in [-0.25, -0.2) is 0 Å². The molecule has 0 aliphatic rings. The van der Waals surface area contributed by atoms with Gasteiger partial charge in [0.15, 0.2) is 0 Å². The number of quaternary nitrogens is 1. The van der Waals surface area contributed by atoms with Crippen LogP contribution in [0.5, 0.6) is 0 Å². The van der Waals surface area contributed by atoms with E-state index in [9.17, 15) is 29.7 Å². The molecule has 0 radical (unpaired) electrons. The third kappa shape index (κ3) is 20.7. The SMILES string of the molecule is CCCCCCCCC/C=C/CCCCCCCCCC[N+](CC(CC)C(=O)O)(CC(CC)C(=O)O)CC(CC)C(=O)O. The van der Waals surface area contributed by atoms with E-state index in [1.54, 1.807) is 0 Å². The molecule has 0 bridgehead atoms. The number of carboxylic acids is 3. The van der Waals surface area contributed by atoms with Crippen LogP contribution in [0.15, 0.2) is 12.2 Å². The van der Waals surface area contributed by atoms with E-state index in [0.29, 0.717) is 25.8 Å². The molecular formula is C36H68NO6+. The third-order valence-corrected chi connectivity index (χ3v) is 9.24. The molecule has 0 aromatic carbocycles. The van der Waals surface area contributed by atoms with Gasteiger partial charge < -0.3 is 19.8 Å². The minimum atomic E-state index is -0.889. The molecule has 0 aromatic rings. The molecule has 7 heteroatoms. The zero-order valence-corrected chi connectivity index (χ0v) is 28.4. The van der Waals surface area contributed by atoms with Crippen LogP contribution in [-0.2, 0) is 14.4 Å². The fourth-order valence-electron chi connectivity index (χ4n) is 6.27. The molecular weight excluding hydrogens is 542 g/mol. The minimum absolute atomic E-state index is 0.257. The van der Waals surface area contributed by atoms with Crippen molar-refractivity contribution in [2.24, 2.45) is 17.8 Å². The molecule has 0 aromatic heterocycles. The molecule has 0 fully saturated rings. The fourth-order valence-corrected chi connectivity index (χ4v) is 6.27. The van der Waals surface area contributed by atoms with Gasteiger partial charge in [0.2, 0.25) is 0 Å². The van der Waals surface area contributed by atoms with Crippen LogP contribution in [0, 0.1) is 17.8 Å². The van der Waals surface area contributed by atoms with Gasteiger partial charge in [0.25, 0.3) is 0 Å². The Kier molecular flexibility index (Phi) is 25.3. The van der Waals surface area contributed by atoms with Crippen molar-refractivity contribution >= 4 is 17.9 Å². The predicted octanol–water partition coefficient (Wildman–Crippen LogP) is 9.34. The summed E-state index contributed by atoms with van der Waals surface area (Å²) in [7, 11) is 0. The second kappa shape index (κ2) is 26.5. The molecule has 0 rings (SSSR count). The van der Waals surface area contributed by atoms with Crippen molar-refractivity contribution in [2.45, 2.75) is 156 Å². The molecule has 0 heterocycles. The summed E-state index contributed by atoms with van der Waals surface area (Å²) in [4.78, 5) is 36.0. The second-order valence-corrected chi connectivity index (χ2v) is 12.9. The van der Waals surface area contributed by atoms with Gasteiger partial charge in [0.1, 0.15) is 17.8 Å². The highest BCUT2D eigenvalue weighted by Gasteiger charge is 2.40. The lowest BCUT2D eigenvalue weighted by molar-refractivity contribution is -0.935. The van der Waals surface area contributed by atoms with Gasteiger partial charge in [-0.3, -0.25) is 14.4 Å². The molecule has 0 saturated heterocycles. The van der Waals surface area contributed by atoms with Crippen LogP contribution in [0.3, 0.4) is 0 Å². The standard InChI is InChI=1S/C36H67NO6/c1-5-9-10-11-12-13-14-15-16-17-18-19-20-21-22-23-24-25-26-27-37(28-31(6-2)34(38)39,29-32(7-3)35(40)41)30-33(8-4)36(42)43/h16-17,31-33H,5-15,18-30H2,1-4H3,(H2-,38,39,40,41,42,43)/p+1/b17-16+. The molecule has 0 aliphatic carbocycles. The van der Waals surface area contributed by atoms with Crippen molar-refractivity contribution < 1.29 is 34.2 Å². The molecule has 0 saturated carbocycles. The van der Waals surface area contributed by atoms with E-state index in [1.807, 2.05) is 20.8 Å². The zero-order chi connectivity index (χ0) is 32.3. The molecule has 0 aliphatic heterocycles. The number of nitrogens with zero attached hydrogens (tertiary/aromatic N) is 1. The molecule has 43 heavy (non-hydrogen) atoms.